The number of ether oxygens (including phenoxy) is 1. The maximum absolute atomic E-state index is 12.4. The predicted molar refractivity (Wildman–Crippen MR) is 82.9 cm³/mol. The number of thiazole rings is 1. The van der Waals surface area contributed by atoms with Crippen molar-refractivity contribution in [1.82, 2.24) is 4.98 Å². The Morgan fingerprint density at radius 1 is 1.32 bits per heavy atom. The van der Waals surface area contributed by atoms with Gasteiger partial charge in [0, 0.05) is 11.1 Å². The van der Waals surface area contributed by atoms with Gasteiger partial charge in [-0.1, -0.05) is 0 Å². The number of nitrogens with zero attached hydrogens (tertiary/aromatic N) is 2. The lowest BCUT2D eigenvalue weighted by Gasteiger charge is -2.12. The molecule has 0 radical (unpaired) electrons. The molecule has 0 amide bonds. The van der Waals surface area contributed by atoms with E-state index in [1.807, 2.05) is 12.3 Å². The van der Waals surface area contributed by atoms with Crippen molar-refractivity contribution in [3.63, 3.8) is 0 Å². The van der Waals surface area contributed by atoms with Gasteiger partial charge in [-0.05, 0) is 55.7 Å². The van der Waals surface area contributed by atoms with E-state index in [0.717, 1.165) is 11.3 Å². The van der Waals surface area contributed by atoms with Crippen molar-refractivity contribution in [2.24, 2.45) is 0 Å². The second-order valence-electron chi connectivity index (χ2n) is 4.83. The van der Waals surface area contributed by atoms with E-state index in [1.54, 1.807) is 32.1 Å². The summed E-state index contributed by atoms with van der Waals surface area (Å²) in [5, 5.41) is 11.8. The molecule has 0 bridgehead atoms. The van der Waals surface area contributed by atoms with Gasteiger partial charge in [0.15, 0.2) is 0 Å². The summed E-state index contributed by atoms with van der Waals surface area (Å²) >= 11 is 1.40. The molecular weight excluding hydrogens is 306 g/mol. The van der Waals surface area contributed by atoms with Crippen molar-refractivity contribution in [3.8, 4) is 11.8 Å². The predicted octanol–water partition coefficient (Wildman–Crippen LogP) is 4.73. The van der Waals surface area contributed by atoms with Crippen molar-refractivity contribution in [2.45, 2.75) is 27.4 Å². The minimum absolute atomic E-state index is 0.177. The molecule has 0 saturated carbocycles. The zero-order valence-corrected chi connectivity index (χ0v) is 13.2. The number of rotatable bonds is 4. The van der Waals surface area contributed by atoms with Gasteiger partial charge in [0.1, 0.15) is 16.8 Å². The first-order chi connectivity index (χ1) is 10.4. The zero-order chi connectivity index (χ0) is 16.3. The molecule has 0 fully saturated rings. The lowest BCUT2D eigenvalue weighted by atomic mass is 10.0. The standard InChI is InChI=1S/C16H14F2N2OS/c1-9-4-12(5-10(2)14(9)21-16(17)18)6-13(7-19)15-20-11(3)8-22-15/h4-6,8,16H,1-3H3/b13-6+. The molecule has 6 heteroatoms. The Morgan fingerprint density at radius 2 is 1.95 bits per heavy atom. The largest absolute Gasteiger partial charge is 0.434 e. The van der Waals surface area contributed by atoms with Crippen LogP contribution in [0.25, 0.3) is 11.6 Å². The van der Waals surface area contributed by atoms with E-state index in [4.69, 9.17) is 0 Å². The van der Waals surface area contributed by atoms with E-state index in [9.17, 15) is 14.0 Å². The van der Waals surface area contributed by atoms with Crippen molar-refractivity contribution in [1.29, 1.82) is 5.26 Å². The van der Waals surface area contributed by atoms with E-state index in [0.29, 0.717) is 21.7 Å². The molecule has 0 unspecified atom stereocenters. The third kappa shape index (κ3) is 3.68. The SMILES string of the molecule is Cc1csc(/C(C#N)=C/c2cc(C)c(OC(F)F)c(C)c2)n1. The number of hydrogen-bond acceptors (Lipinski definition) is 4. The molecule has 0 atom stereocenters. The molecule has 1 aromatic carbocycles. The number of aromatic nitrogens is 1. The third-order valence-electron chi connectivity index (χ3n) is 2.97. The second kappa shape index (κ2) is 6.67. The van der Waals surface area contributed by atoms with Crippen molar-refractivity contribution in [3.05, 3.63) is 44.9 Å². The first-order valence-electron chi connectivity index (χ1n) is 6.51. The summed E-state index contributed by atoms with van der Waals surface area (Å²) in [6, 6.07) is 5.55. The molecule has 1 aromatic heterocycles. The summed E-state index contributed by atoms with van der Waals surface area (Å²) in [6.45, 7) is 2.40. The normalized spacial score (nSPS) is 11.6. The molecule has 0 spiro atoms. The molecule has 0 saturated heterocycles. The van der Waals surface area contributed by atoms with Crippen LogP contribution in [0.15, 0.2) is 17.5 Å². The monoisotopic (exact) mass is 320 g/mol. The highest BCUT2D eigenvalue weighted by atomic mass is 32.1. The molecular formula is C16H14F2N2OS. The fraction of sp³-hybridized carbons (Fsp3) is 0.250. The molecule has 0 aliphatic heterocycles. The average Bonchev–Trinajstić information content (AvgIpc) is 2.86. The number of allylic oxidation sites excluding steroid dienone is 1. The number of hydrogen-bond donors (Lipinski definition) is 0. The summed E-state index contributed by atoms with van der Waals surface area (Å²) < 4.78 is 29.3. The highest BCUT2D eigenvalue weighted by Crippen LogP contribution is 2.29. The number of benzene rings is 1. The number of alkyl halides is 2. The Hall–Kier alpha value is -2.26. The van der Waals surface area contributed by atoms with Gasteiger partial charge >= 0.3 is 6.61 Å². The molecule has 2 rings (SSSR count). The van der Waals surface area contributed by atoms with Crippen molar-refractivity contribution < 1.29 is 13.5 Å². The summed E-state index contributed by atoms with van der Waals surface area (Å²) in [4.78, 5) is 4.28. The quantitative estimate of drug-likeness (QED) is 0.765. The van der Waals surface area contributed by atoms with Crippen LogP contribution in [0.1, 0.15) is 27.4 Å². The fourth-order valence-corrected chi connectivity index (χ4v) is 2.89. The molecule has 2 aromatic rings. The molecule has 114 valence electrons. The van der Waals surface area contributed by atoms with Crippen LogP contribution < -0.4 is 4.74 Å². The first kappa shape index (κ1) is 16.1. The smallest absolute Gasteiger partial charge is 0.387 e. The van der Waals surface area contributed by atoms with Crippen LogP contribution in [0.4, 0.5) is 8.78 Å². The van der Waals surface area contributed by atoms with Gasteiger partial charge in [0.2, 0.25) is 0 Å². The summed E-state index contributed by atoms with van der Waals surface area (Å²) in [5.74, 6) is 0.177. The van der Waals surface area contributed by atoms with Gasteiger partial charge in [0.05, 0.1) is 5.57 Å². The molecule has 3 nitrogen and oxygen atoms in total. The Balaban J connectivity index is 2.41. The minimum atomic E-state index is -2.85. The Labute approximate surface area is 131 Å². The van der Waals surface area contributed by atoms with Crippen molar-refractivity contribution in [2.75, 3.05) is 0 Å². The Bertz CT molecular complexity index is 737. The number of aryl methyl sites for hydroxylation is 3. The Kier molecular flexibility index (Phi) is 4.88. The van der Waals surface area contributed by atoms with E-state index in [2.05, 4.69) is 15.8 Å². The molecule has 0 aliphatic rings. The maximum atomic E-state index is 12.4. The van der Waals surface area contributed by atoms with Crippen LogP contribution in [-0.4, -0.2) is 11.6 Å². The topological polar surface area (TPSA) is 45.9 Å². The highest BCUT2D eigenvalue weighted by molar-refractivity contribution is 7.11. The summed E-state index contributed by atoms with van der Waals surface area (Å²) in [7, 11) is 0. The lowest BCUT2D eigenvalue weighted by molar-refractivity contribution is -0.0507. The van der Waals surface area contributed by atoms with Crippen LogP contribution >= 0.6 is 11.3 Å². The van der Waals surface area contributed by atoms with E-state index >= 15 is 0 Å². The minimum Gasteiger partial charge on any atom is -0.434 e. The summed E-state index contributed by atoms with van der Waals surface area (Å²) in [6.07, 6.45) is 1.70. The van der Waals surface area contributed by atoms with E-state index in [-0.39, 0.29) is 5.75 Å². The van der Waals surface area contributed by atoms with Gasteiger partial charge in [-0.2, -0.15) is 14.0 Å². The number of halogens is 2. The van der Waals surface area contributed by atoms with Gasteiger partial charge in [-0.3, -0.25) is 0 Å². The first-order valence-corrected chi connectivity index (χ1v) is 7.39. The van der Waals surface area contributed by atoms with Crippen LogP contribution in [0.2, 0.25) is 0 Å². The highest BCUT2D eigenvalue weighted by Gasteiger charge is 2.12. The summed E-state index contributed by atoms with van der Waals surface area (Å²) in [5.41, 5.74) is 3.24. The number of nitriles is 1. The van der Waals surface area contributed by atoms with Crippen LogP contribution in [0, 0.1) is 32.1 Å². The van der Waals surface area contributed by atoms with Crippen LogP contribution in [0.3, 0.4) is 0 Å². The van der Waals surface area contributed by atoms with Gasteiger partial charge < -0.3 is 4.74 Å². The Morgan fingerprint density at radius 3 is 2.41 bits per heavy atom. The van der Waals surface area contributed by atoms with Crippen LogP contribution in [0.5, 0.6) is 5.75 Å². The van der Waals surface area contributed by atoms with Gasteiger partial charge in [-0.25, -0.2) is 4.98 Å². The molecule has 1 heterocycles. The van der Waals surface area contributed by atoms with Crippen molar-refractivity contribution >= 4 is 23.0 Å². The zero-order valence-electron chi connectivity index (χ0n) is 12.4. The van der Waals surface area contributed by atoms with E-state index < -0.39 is 6.61 Å². The van der Waals surface area contributed by atoms with Crippen LogP contribution in [-0.2, 0) is 0 Å². The molecule has 0 aliphatic carbocycles. The lowest BCUT2D eigenvalue weighted by Crippen LogP contribution is -2.05. The molecule has 0 N–H and O–H groups in total. The maximum Gasteiger partial charge on any atom is 0.387 e. The third-order valence-corrected chi connectivity index (χ3v) is 3.96. The average molecular weight is 320 g/mol. The van der Waals surface area contributed by atoms with Gasteiger partial charge in [-0.15, -0.1) is 11.3 Å². The fourth-order valence-electron chi connectivity index (χ4n) is 2.13. The second-order valence-corrected chi connectivity index (χ2v) is 5.68. The molecule has 22 heavy (non-hydrogen) atoms. The van der Waals surface area contributed by atoms with E-state index in [1.165, 1.54) is 11.3 Å². The van der Waals surface area contributed by atoms with Gasteiger partial charge in [0.25, 0.3) is 0 Å².